The Morgan fingerprint density at radius 2 is 2.05 bits per heavy atom. The number of fused-ring (bicyclic) bond motifs is 1. The Morgan fingerprint density at radius 1 is 1.25 bits per heavy atom. The zero-order chi connectivity index (χ0) is 13.9. The lowest BCUT2D eigenvalue weighted by Gasteiger charge is -2.23. The smallest absolute Gasteiger partial charge is 0.111 e. The molecule has 108 valence electrons. The molecule has 0 N–H and O–H groups in total. The minimum Gasteiger partial charge on any atom is -0.328 e. The molecule has 0 atom stereocenters. The Balaban J connectivity index is 1.96. The second kappa shape index (κ2) is 6.17. The maximum Gasteiger partial charge on any atom is 0.111 e. The Morgan fingerprint density at radius 3 is 2.80 bits per heavy atom. The molecular formula is C17H23ClN2. The monoisotopic (exact) mass is 290 g/mol. The van der Waals surface area contributed by atoms with Gasteiger partial charge in [-0.25, -0.2) is 4.98 Å². The maximum absolute atomic E-state index is 5.96. The predicted molar refractivity (Wildman–Crippen MR) is 85.5 cm³/mol. The quantitative estimate of drug-likeness (QED) is 0.746. The number of halogens is 1. The molecule has 1 heterocycles. The molecule has 0 amide bonds. The molecule has 0 unspecified atom stereocenters. The van der Waals surface area contributed by atoms with Gasteiger partial charge in [-0.3, -0.25) is 0 Å². The van der Waals surface area contributed by atoms with Crippen LogP contribution in [0.3, 0.4) is 0 Å². The summed E-state index contributed by atoms with van der Waals surface area (Å²) in [5.74, 6) is 2.62. The van der Waals surface area contributed by atoms with Gasteiger partial charge in [0.1, 0.15) is 5.82 Å². The number of imidazole rings is 1. The highest BCUT2D eigenvalue weighted by atomic mass is 35.5. The third kappa shape index (κ3) is 2.85. The predicted octanol–water partition coefficient (Wildman–Crippen LogP) is 4.71. The molecule has 2 aromatic rings. The van der Waals surface area contributed by atoms with Crippen LogP contribution in [0.5, 0.6) is 0 Å². The number of benzene rings is 1. The number of rotatable bonds is 4. The topological polar surface area (TPSA) is 17.8 Å². The van der Waals surface area contributed by atoms with Gasteiger partial charge in [0.25, 0.3) is 0 Å². The van der Waals surface area contributed by atoms with Crippen molar-refractivity contribution in [2.24, 2.45) is 5.92 Å². The van der Waals surface area contributed by atoms with E-state index in [9.17, 15) is 0 Å². The highest BCUT2D eigenvalue weighted by molar-refractivity contribution is 6.17. The van der Waals surface area contributed by atoms with Crippen LogP contribution in [-0.4, -0.2) is 15.4 Å². The van der Waals surface area contributed by atoms with Gasteiger partial charge in [-0.05, 0) is 43.4 Å². The Hall–Kier alpha value is -1.02. The van der Waals surface area contributed by atoms with Crippen LogP contribution < -0.4 is 0 Å². The van der Waals surface area contributed by atoms with E-state index in [2.05, 4.69) is 29.7 Å². The molecular weight excluding hydrogens is 268 g/mol. The van der Waals surface area contributed by atoms with Gasteiger partial charge in [0.2, 0.25) is 0 Å². The summed E-state index contributed by atoms with van der Waals surface area (Å²) in [4.78, 5) is 4.79. The summed E-state index contributed by atoms with van der Waals surface area (Å²) in [6, 6.07) is 6.55. The lowest BCUT2D eigenvalue weighted by molar-refractivity contribution is 0.319. The first-order valence-electron chi connectivity index (χ1n) is 7.79. The van der Waals surface area contributed by atoms with Crippen LogP contribution in [0.1, 0.15) is 43.5 Å². The average Bonchev–Trinajstić information content (AvgIpc) is 2.78. The van der Waals surface area contributed by atoms with Crippen LogP contribution in [0, 0.1) is 12.8 Å². The summed E-state index contributed by atoms with van der Waals surface area (Å²) in [5.41, 5.74) is 3.71. The van der Waals surface area contributed by atoms with Gasteiger partial charge in [0, 0.05) is 18.8 Å². The highest BCUT2D eigenvalue weighted by Crippen LogP contribution is 2.28. The second-order valence-corrected chi connectivity index (χ2v) is 6.45. The maximum atomic E-state index is 5.96. The van der Waals surface area contributed by atoms with Crippen molar-refractivity contribution in [2.75, 3.05) is 5.88 Å². The van der Waals surface area contributed by atoms with E-state index in [1.807, 2.05) is 0 Å². The van der Waals surface area contributed by atoms with E-state index in [0.29, 0.717) is 5.88 Å². The first kappa shape index (κ1) is 13.9. The summed E-state index contributed by atoms with van der Waals surface area (Å²) in [6.45, 7) is 3.27. The van der Waals surface area contributed by atoms with Crippen LogP contribution in [0.15, 0.2) is 18.2 Å². The summed E-state index contributed by atoms with van der Waals surface area (Å²) >= 11 is 5.96. The van der Waals surface area contributed by atoms with E-state index in [1.54, 1.807) is 0 Å². The first-order valence-corrected chi connectivity index (χ1v) is 8.33. The zero-order valence-corrected chi connectivity index (χ0v) is 13.0. The minimum atomic E-state index is 0.646. The van der Waals surface area contributed by atoms with Crippen molar-refractivity contribution < 1.29 is 0 Å². The Kier molecular flexibility index (Phi) is 4.30. The number of nitrogens with zero attached hydrogens (tertiary/aromatic N) is 2. The molecule has 3 rings (SSSR count). The van der Waals surface area contributed by atoms with Crippen LogP contribution in [0.4, 0.5) is 0 Å². The van der Waals surface area contributed by atoms with Gasteiger partial charge in [0.15, 0.2) is 0 Å². The SMILES string of the molecule is Cc1ccc2nc(CCCl)n(CC3CCCCC3)c2c1. The van der Waals surface area contributed by atoms with Crippen molar-refractivity contribution in [3.05, 3.63) is 29.6 Å². The number of alkyl halides is 1. The fraction of sp³-hybridized carbons (Fsp3) is 0.588. The molecule has 1 aliphatic rings. The number of aromatic nitrogens is 2. The van der Waals surface area contributed by atoms with Gasteiger partial charge in [0.05, 0.1) is 11.0 Å². The largest absolute Gasteiger partial charge is 0.328 e. The Labute approximate surface area is 126 Å². The van der Waals surface area contributed by atoms with Crippen LogP contribution in [0.2, 0.25) is 0 Å². The summed E-state index contributed by atoms with van der Waals surface area (Å²) < 4.78 is 2.43. The fourth-order valence-electron chi connectivity index (χ4n) is 3.39. The number of hydrogen-bond acceptors (Lipinski definition) is 1. The molecule has 1 aliphatic carbocycles. The zero-order valence-electron chi connectivity index (χ0n) is 12.2. The van der Waals surface area contributed by atoms with E-state index in [1.165, 1.54) is 43.2 Å². The third-order valence-electron chi connectivity index (χ3n) is 4.47. The van der Waals surface area contributed by atoms with Gasteiger partial charge in [-0.2, -0.15) is 0 Å². The lowest BCUT2D eigenvalue weighted by Crippen LogP contribution is -2.16. The molecule has 0 saturated heterocycles. The van der Waals surface area contributed by atoms with Crippen molar-refractivity contribution >= 4 is 22.6 Å². The summed E-state index contributed by atoms with van der Waals surface area (Å²) in [7, 11) is 0. The summed E-state index contributed by atoms with van der Waals surface area (Å²) in [6.07, 6.45) is 7.79. The third-order valence-corrected chi connectivity index (χ3v) is 4.66. The summed E-state index contributed by atoms with van der Waals surface area (Å²) in [5, 5.41) is 0. The molecule has 3 heteroatoms. The molecule has 0 radical (unpaired) electrons. The lowest BCUT2D eigenvalue weighted by atomic mass is 9.89. The molecule has 1 fully saturated rings. The normalized spacial score (nSPS) is 16.9. The molecule has 0 spiro atoms. The second-order valence-electron chi connectivity index (χ2n) is 6.07. The van der Waals surface area contributed by atoms with E-state index in [4.69, 9.17) is 16.6 Å². The molecule has 1 aromatic carbocycles. The van der Waals surface area contributed by atoms with Gasteiger partial charge in [-0.1, -0.05) is 25.3 Å². The van der Waals surface area contributed by atoms with E-state index >= 15 is 0 Å². The minimum absolute atomic E-state index is 0.646. The van der Waals surface area contributed by atoms with Crippen LogP contribution >= 0.6 is 11.6 Å². The first-order chi connectivity index (χ1) is 9.78. The fourth-order valence-corrected chi connectivity index (χ4v) is 3.56. The molecule has 1 aromatic heterocycles. The number of hydrogen-bond donors (Lipinski definition) is 0. The van der Waals surface area contributed by atoms with Crippen molar-refractivity contribution in [1.82, 2.24) is 9.55 Å². The van der Waals surface area contributed by atoms with Gasteiger partial charge in [-0.15, -0.1) is 11.6 Å². The highest BCUT2D eigenvalue weighted by Gasteiger charge is 2.18. The number of aryl methyl sites for hydroxylation is 2. The van der Waals surface area contributed by atoms with Crippen LogP contribution in [-0.2, 0) is 13.0 Å². The molecule has 20 heavy (non-hydrogen) atoms. The van der Waals surface area contributed by atoms with E-state index in [0.717, 1.165) is 30.2 Å². The van der Waals surface area contributed by atoms with Crippen molar-refractivity contribution in [3.63, 3.8) is 0 Å². The van der Waals surface area contributed by atoms with Crippen molar-refractivity contribution in [2.45, 2.75) is 52.0 Å². The Bertz CT molecular complexity index is 582. The molecule has 2 nitrogen and oxygen atoms in total. The molecule has 0 aliphatic heterocycles. The van der Waals surface area contributed by atoms with Crippen molar-refractivity contribution in [3.8, 4) is 0 Å². The average molecular weight is 291 g/mol. The standard InChI is InChI=1S/C17H23ClN2/c1-13-7-8-15-16(11-13)20(17(19-15)9-10-18)12-14-5-3-2-4-6-14/h7-8,11,14H,2-6,9-10,12H2,1H3. The van der Waals surface area contributed by atoms with Crippen molar-refractivity contribution in [1.29, 1.82) is 0 Å². The molecule has 0 bridgehead atoms. The van der Waals surface area contributed by atoms with Crippen LogP contribution in [0.25, 0.3) is 11.0 Å². The van der Waals surface area contributed by atoms with Gasteiger partial charge < -0.3 is 4.57 Å². The van der Waals surface area contributed by atoms with E-state index < -0.39 is 0 Å². The van der Waals surface area contributed by atoms with Gasteiger partial charge >= 0.3 is 0 Å². The van der Waals surface area contributed by atoms with E-state index in [-0.39, 0.29) is 0 Å². The molecule has 1 saturated carbocycles.